The number of carbonyl (C=O) groups excluding carboxylic acids is 1. The molecule has 0 heterocycles. The molecule has 0 N–H and O–H groups in total. The van der Waals surface area contributed by atoms with Crippen LogP contribution in [0, 0.1) is 10.1 Å². The fourth-order valence-electron chi connectivity index (χ4n) is 1.93. The first-order valence-corrected chi connectivity index (χ1v) is 7.16. The Balaban J connectivity index is 2.07. The number of hydrogen-bond acceptors (Lipinski definition) is 6. The summed E-state index contributed by atoms with van der Waals surface area (Å²) < 4.78 is 38.4. The normalized spacial score (nSPS) is 10.8. The predicted molar refractivity (Wildman–Crippen MR) is 87.4 cm³/mol. The molecule has 2 aromatic carbocycles. The van der Waals surface area contributed by atoms with Crippen molar-refractivity contribution in [2.24, 2.45) is 0 Å². The monoisotopic (exact) mass is 365 g/mol. The van der Waals surface area contributed by atoms with E-state index in [0.717, 1.165) is 12.1 Å². The summed E-state index contributed by atoms with van der Waals surface area (Å²) in [6.45, 7) is -2.92. The van der Waals surface area contributed by atoms with Gasteiger partial charge in [0.25, 0.3) is 5.69 Å². The minimum absolute atomic E-state index is 0.0129. The van der Waals surface area contributed by atoms with Crippen LogP contribution in [0.1, 0.15) is 5.56 Å². The molecule has 0 saturated heterocycles. The summed E-state index contributed by atoms with van der Waals surface area (Å²) in [6.07, 6.45) is 2.47. The molecule has 26 heavy (non-hydrogen) atoms. The summed E-state index contributed by atoms with van der Waals surface area (Å²) in [7, 11) is 1.33. The largest absolute Gasteiger partial charge is 0.493 e. The highest BCUT2D eigenvalue weighted by Crippen LogP contribution is 2.31. The van der Waals surface area contributed by atoms with E-state index in [1.54, 1.807) is 0 Å². The van der Waals surface area contributed by atoms with Crippen LogP contribution in [0.3, 0.4) is 0 Å². The summed E-state index contributed by atoms with van der Waals surface area (Å²) in [5, 5.41) is 10.8. The number of halogens is 2. The first kappa shape index (κ1) is 18.8. The van der Waals surface area contributed by atoms with Crippen LogP contribution >= 0.6 is 0 Å². The van der Waals surface area contributed by atoms with Crippen LogP contribution < -0.4 is 14.2 Å². The van der Waals surface area contributed by atoms with E-state index in [4.69, 9.17) is 9.47 Å². The number of nitro groups is 1. The molecule has 0 radical (unpaired) electrons. The highest BCUT2D eigenvalue weighted by molar-refractivity contribution is 5.89. The van der Waals surface area contributed by atoms with Crippen molar-refractivity contribution in [3.05, 3.63) is 64.2 Å². The molecule has 7 nitrogen and oxygen atoms in total. The average Bonchev–Trinajstić information content (AvgIpc) is 2.60. The summed E-state index contributed by atoms with van der Waals surface area (Å²) >= 11 is 0. The Morgan fingerprint density at radius 1 is 1.15 bits per heavy atom. The molecule has 2 rings (SSSR count). The van der Waals surface area contributed by atoms with E-state index in [1.165, 1.54) is 49.6 Å². The van der Waals surface area contributed by atoms with Crippen molar-refractivity contribution < 1.29 is 32.7 Å². The lowest BCUT2D eigenvalue weighted by atomic mass is 10.2. The molecular formula is C17H13F2NO6. The third-order valence-electron chi connectivity index (χ3n) is 3.09. The average molecular weight is 365 g/mol. The van der Waals surface area contributed by atoms with Gasteiger partial charge in [0.2, 0.25) is 0 Å². The van der Waals surface area contributed by atoms with Crippen molar-refractivity contribution in [2.75, 3.05) is 7.11 Å². The van der Waals surface area contributed by atoms with Crippen LogP contribution in [-0.2, 0) is 4.79 Å². The number of nitrogens with zero attached hydrogens (tertiary/aromatic N) is 1. The second-order valence-electron chi connectivity index (χ2n) is 4.79. The molecule has 0 spiro atoms. The Labute approximate surface area is 146 Å². The lowest BCUT2D eigenvalue weighted by molar-refractivity contribution is -0.384. The summed E-state index contributed by atoms with van der Waals surface area (Å²) in [5.74, 6) is -0.749. The molecule has 0 aliphatic heterocycles. The lowest BCUT2D eigenvalue weighted by Crippen LogP contribution is -2.05. The standard InChI is InChI=1S/C17H13F2NO6/c1-24-14-8-5-12(20(22)23)10-15(14)26-16(21)9-4-11-2-6-13(7-3-11)25-17(18)19/h2-10,17H,1H3/b9-4+. The molecule has 0 amide bonds. The number of benzene rings is 2. The Bertz CT molecular complexity index is 821. The smallest absolute Gasteiger partial charge is 0.387 e. The van der Waals surface area contributed by atoms with Crippen molar-refractivity contribution in [2.45, 2.75) is 6.61 Å². The number of methoxy groups -OCH3 is 1. The number of alkyl halides is 2. The topological polar surface area (TPSA) is 87.9 Å². The molecule has 0 saturated carbocycles. The van der Waals surface area contributed by atoms with Gasteiger partial charge in [-0.25, -0.2) is 4.79 Å². The Morgan fingerprint density at radius 2 is 1.85 bits per heavy atom. The minimum Gasteiger partial charge on any atom is -0.493 e. The first-order chi connectivity index (χ1) is 12.4. The van der Waals surface area contributed by atoms with Gasteiger partial charge in [-0.2, -0.15) is 8.78 Å². The third-order valence-corrected chi connectivity index (χ3v) is 3.09. The molecule has 0 bridgehead atoms. The Kier molecular flexibility index (Phi) is 6.20. The fourth-order valence-corrected chi connectivity index (χ4v) is 1.93. The zero-order valence-corrected chi connectivity index (χ0v) is 13.4. The number of nitro benzene ring substituents is 1. The second-order valence-corrected chi connectivity index (χ2v) is 4.79. The van der Waals surface area contributed by atoms with Crippen molar-refractivity contribution in [1.82, 2.24) is 0 Å². The van der Waals surface area contributed by atoms with E-state index in [2.05, 4.69) is 4.74 Å². The van der Waals surface area contributed by atoms with E-state index < -0.39 is 17.5 Å². The van der Waals surface area contributed by atoms with Crippen LogP contribution in [0.25, 0.3) is 6.08 Å². The molecule has 0 aliphatic carbocycles. The zero-order chi connectivity index (χ0) is 19.1. The van der Waals surface area contributed by atoms with Gasteiger partial charge >= 0.3 is 12.6 Å². The van der Waals surface area contributed by atoms with Crippen LogP contribution in [0.15, 0.2) is 48.5 Å². The van der Waals surface area contributed by atoms with E-state index in [-0.39, 0.29) is 22.9 Å². The predicted octanol–water partition coefficient (Wildman–Crippen LogP) is 3.82. The molecule has 9 heteroatoms. The van der Waals surface area contributed by atoms with Gasteiger partial charge in [-0.3, -0.25) is 10.1 Å². The molecular weight excluding hydrogens is 352 g/mol. The van der Waals surface area contributed by atoms with Gasteiger partial charge in [-0.15, -0.1) is 0 Å². The number of esters is 1. The summed E-state index contributed by atoms with van der Waals surface area (Å²) in [4.78, 5) is 22.1. The Hall–Kier alpha value is -3.49. The van der Waals surface area contributed by atoms with Gasteiger partial charge in [0, 0.05) is 12.1 Å². The lowest BCUT2D eigenvalue weighted by Gasteiger charge is -2.07. The SMILES string of the molecule is COc1ccc([N+](=O)[O-])cc1OC(=O)/C=C/c1ccc(OC(F)F)cc1. The van der Waals surface area contributed by atoms with Crippen molar-refractivity contribution in [3.8, 4) is 17.2 Å². The van der Waals surface area contributed by atoms with Crippen molar-refractivity contribution >= 4 is 17.7 Å². The quantitative estimate of drug-likeness (QED) is 0.244. The molecule has 0 atom stereocenters. The van der Waals surface area contributed by atoms with Crippen LogP contribution in [0.5, 0.6) is 17.2 Å². The molecule has 0 aliphatic rings. The van der Waals surface area contributed by atoms with Crippen LogP contribution in [0.4, 0.5) is 14.5 Å². The number of carbonyl (C=O) groups is 1. The minimum atomic E-state index is -2.92. The zero-order valence-electron chi connectivity index (χ0n) is 13.4. The number of hydrogen-bond donors (Lipinski definition) is 0. The van der Waals surface area contributed by atoms with E-state index in [9.17, 15) is 23.7 Å². The third kappa shape index (κ3) is 5.26. The molecule has 2 aromatic rings. The number of ether oxygens (including phenoxy) is 3. The van der Waals surface area contributed by atoms with E-state index in [1.807, 2.05) is 0 Å². The van der Waals surface area contributed by atoms with Gasteiger partial charge in [-0.05, 0) is 29.8 Å². The van der Waals surface area contributed by atoms with Gasteiger partial charge in [0.15, 0.2) is 11.5 Å². The van der Waals surface area contributed by atoms with Gasteiger partial charge in [0.1, 0.15) is 5.75 Å². The molecule has 0 unspecified atom stereocenters. The van der Waals surface area contributed by atoms with Gasteiger partial charge < -0.3 is 14.2 Å². The van der Waals surface area contributed by atoms with E-state index in [0.29, 0.717) is 5.56 Å². The number of non-ortho nitro benzene ring substituents is 1. The van der Waals surface area contributed by atoms with E-state index >= 15 is 0 Å². The maximum atomic E-state index is 12.1. The fraction of sp³-hybridized carbons (Fsp3) is 0.118. The molecule has 0 aromatic heterocycles. The molecule has 0 fully saturated rings. The van der Waals surface area contributed by atoms with Crippen molar-refractivity contribution in [3.63, 3.8) is 0 Å². The van der Waals surface area contributed by atoms with Crippen LogP contribution in [-0.4, -0.2) is 24.6 Å². The Morgan fingerprint density at radius 3 is 2.42 bits per heavy atom. The maximum absolute atomic E-state index is 12.1. The van der Waals surface area contributed by atoms with Crippen LogP contribution in [0.2, 0.25) is 0 Å². The first-order valence-electron chi connectivity index (χ1n) is 7.16. The van der Waals surface area contributed by atoms with Gasteiger partial charge in [0.05, 0.1) is 18.1 Å². The molecule has 136 valence electrons. The van der Waals surface area contributed by atoms with Gasteiger partial charge in [-0.1, -0.05) is 12.1 Å². The maximum Gasteiger partial charge on any atom is 0.387 e. The second kappa shape index (κ2) is 8.56. The highest BCUT2D eigenvalue weighted by atomic mass is 19.3. The highest BCUT2D eigenvalue weighted by Gasteiger charge is 2.14. The van der Waals surface area contributed by atoms with Crippen molar-refractivity contribution in [1.29, 1.82) is 0 Å². The number of rotatable bonds is 7. The summed E-state index contributed by atoms with van der Waals surface area (Å²) in [6, 6.07) is 9.18. The summed E-state index contributed by atoms with van der Waals surface area (Å²) in [5.41, 5.74) is 0.279.